The summed E-state index contributed by atoms with van der Waals surface area (Å²) in [6.45, 7) is 8.45. The molecule has 0 aliphatic carbocycles. The summed E-state index contributed by atoms with van der Waals surface area (Å²) in [4.78, 5) is 25.0. The van der Waals surface area contributed by atoms with Crippen LogP contribution < -0.4 is 0 Å². The molecule has 0 aliphatic rings. The number of aryl methyl sites for hydroxylation is 2. The Balaban J connectivity index is 1.85. The molecule has 2 aromatic rings. The first-order valence-electron chi connectivity index (χ1n) is 12.0. The van der Waals surface area contributed by atoms with Crippen molar-refractivity contribution in [2.24, 2.45) is 5.92 Å². The first-order valence-corrected chi connectivity index (χ1v) is 12.0. The summed E-state index contributed by atoms with van der Waals surface area (Å²) in [5.41, 5.74) is 3.56. The summed E-state index contributed by atoms with van der Waals surface area (Å²) in [6, 6.07) is 15.3. The van der Waals surface area contributed by atoms with E-state index in [-0.39, 0.29) is 30.6 Å². The highest BCUT2D eigenvalue weighted by molar-refractivity contribution is 5.90. The Morgan fingerprint density at radius 2 is 1.22 bits per heavy atom. The number of hydrogen-bond donors (Lipinski definition) is 0. The third-order valence-electron chi connectivity index (χ3n) is 5.79. The Morgan fingerprint density at radius 1 is 0.750 bits per heavy atom. The van der Waals surface area contributed by atoms with Crippen LogP contribution in [0.1, 0.15) is 91.6 Å². The maximum atomic E-state index is 12.6. The number of hydrogen-bond acceptors (Lipinski definition) is 4. The van der Waals surface area contributed by atoms with E-state index in [0.29, 0.717) is 17.5 Å². The van der Waals surface area contributed by atoms with E-state index in [1.54, 1.807) is 0 Å². The van der Waals surface area contributed by atoms with E-state index in [0.717, 1.165) is 38.5 Å². The predicted molar refractivity (Wildman–Crippen MR) is 129 cm³/mol. The van der Waals surface area contributed by atoms with E-state index < -0.39 is 0 Å². The van der Waals surface area contributed by atoms with Gasteiger partial charge in [-0.2, -0.15) is 0 Å². The molecule has 0 heterocycles. The summed E-state index contributed by atoms with van der Waals surface area (Å²) < 4.78 is 11.2. The van der Waals surface area contributed by atoms with Gasteiger partial charge in [0.2, 0.25) is 0 Å². The van der Waals surface area contributed by atoms with Crippen LogP contribution in [0.25, 0.3) is 0 Å². The fourth-order valence-electron chi connectivity index (χ4n) is 3.58. The third kappa shape index (κ3) is 8.14. The number of carbonyl (C=O) groups is 2. The van der Waals surface area contributed by atoms with E-state index in [9.17, 15) is 9.59 Å². The summed E-state index contributed by atoms with van der Waals surface area (Å²) in [7, 11) is 0. The normalized spacial score (nSPS) is 12.8. The minimum atomic E-state index is -0.345. The lowest BCUT2D eigenvalue weighted by atomic mass is 10.0. The van der Waals surface area contributed by atoms with Crippen LogP contribution >= 0.6 is 0 Å². The predicted octanol–water partition coefficient (Wildman–Crippen LogP) is 6.80. The third-order valence-corrected chi connectivity index (χ3v) is 5.79. The topological polar surface area (TPSA) is 52.6 Å². The summed E-state index contributed by atoms with van der Waals surface area (Å²) in [5, 5.41) is 0. The molecule has 0 bridgehead atoms. The molecule has 0 N–H and O–H groups in total. The zero-order valence-corrected chi connectivity index (χ0v) is 20.1. The zero-order chi connectivity index (χ0) is 23.3. The van der Waals surface area contributed by atoms with E-state index in [2.05, 4.69) is 13.8 Å². The molecule has 32 heavy (non-hydrogen) atoms. The fraction of sp³-hybridized carbons (Fsp3) is 0.500. The van der Waals surface area contributed by atoms with E-state index in [1.807, 2.05) is 62.4 Å². The summed E-state index contributed by atoms with van der Waals surface area (Å²) in [5.74, 6) is -0.775. The first-order chi connectivity index (χ1) is 15.5. The number of carbonyl (C=O) groups excluding carboxylic acids is 2. The monoisotopic (exact) mass is 438 g/mol. The molecule has 0 saturated carbocycles. The van der Waals surface area contributed by atoms with Crippen molar-refractivity contribution in [2.45, 2.75) is 78.7 Å². The van der Waals surface area contributed by atoms with Crippen LogP contribution in [0.15, 0.2) is 48.5 Å². The Bertz CT molecular complexity index is 824. The molecule has 0 amide bonds. The molecule has 0 aromatic heterocycles. The van der Waals surface area contributed by atoms with E-state index in [1.165, 1.54) is 11.1 Å². The van der Waals surface area contributed by atoms with Crippen LogP contribution in [0, 0.1) is 5.92 Å². The molecule has 0 fully saturated rings. The molecule has 4 heteroatoms. The van der Waals surface area contributed by atoms with Crippen molar-refractivity contribution in [3.8, 4) is 0 Å². The summed E-state index contributed by atoms with van der Waals surface area (Å²) in [6.07, 6.45) is 6.96. The van der Waals surface area contributed by atoms with Gasteiger partial charge >= 0.3 is 11.9 Å². The molecule has 4 nitrogen and oxygen atoms in total. The van der Waals surface area contributed by atoms with E-state index in [4.69, 9.17) is 9.47 Å². The standard InChI is InChI=1S/C28H38O4/c1-5-8-10-22-12-16-24(17-13-22)27(29)31-20-21(4)26(7-3)32-28(30)25-18-14-23(15-19-25)11-9-6-2/h12-19,21,26H,5-11,20H2,1-4H3. The average Bonchev–Trinajstić information content (AvgIpc) is 2.83. The second kappa shape index (κ2) is 13.7. The van der Waals surface area contributed by atoms with Crippen molar-refractivity contribution in [3.63, 3.8) is 0 Å². The minimum Gasteiger partial charge on any atom is -0.462 e. The van der Waals surface area contributed by atoms with Gasteiger partial charge < -0.3 is 9.47 Å². The number of unbranched alkanes of at least 4 members (excludes halogenated alkanes) is 2. The van der Waals surface area contributed by atoms with Crippen LogP contribution in [-0.4, -0.2) is 24.6 Å². The van der Waals surface area contributed by atoms with Crippen molar-refractivity contribution in [1.82, 2.24) is 0 Å². The molecule has 2 atom stereocenters. The minimum absolute atomic E-state index is 0.0967. The lowest BCUT2D eigenvalue weighted by Crippen LogP contribution is -2.28. The smallest absolute Gasteiger partial charge is 0.338 e. The SMILES string of the molecule is CCCCc1ccc(C(=O)OCC(C)C(CC)OC(=O)c2ccc(CCCC)cc2)cc1. The van der Waals surface area contributed by atoms with Gasteiger partial charge in [-0.3, -0.25) is 0 Å². The molecule has 0 radical (unpaired) electrons. The van der Waals surface area contributed by atoms with E-state index >= 15 is 0 Å². The van der Waals surface area contributed by atoms with Gasteiger partial charge in [0.05, 0.1) is 17.7 Å². The highest BCUT2D eigenvalue weighted by Gasteiger charge is 2.22. The van der Waals surface area contributed by atoms with Gasteiger partial charge in [0, 0.05) is 5.92 Å². The highest BCUT2D eigenvalue weighted by atomic mass is 16.6. The van der Waals surface area contributed by atoms with Crippen LogP contribution in [0.5, 0.6) is 0 Å². The van der Waals surface area contributed by atoms with Gasteiger partial charge in [0.25, 0.3) is 0 Å². The Hall–Kier alpha value is -2.62. The quantitative estimate of drug-likeness (QED) is 0.323. The van der Waals surface area contributed by atoms with Gasteiger partial charge in [-0.15, -0.1) is 0 Å². The molecule has 0 spiro atoms. The molecule has 2 unspecified atom stereocenters. The molecule has 2 aromatic carbocycles. The number of benzene rings is 2. The van der Waals surface area contributed by atoms with Crippen molar-refractivity contribution in [3.05, 3.63) is 70.8 Å². The average molecular weight is 439 g/mol. The van der Waals surface area contributed by atoms with Crippen molar-refractivity contribution < 1.29 is 19.1 Å². The van der Waals surface area contributed by atoms with Crippen LogP contribution in [-0.2, 0) is 22.3 Å². The van der Waals surface area contributed by atoms with Gasteiger partial charge in [-0.05, 0) is 67.5 Å². The Kier molecular flexibility index (Phi) is 11.0. The zero-order valence-electron chi connectivity index (χ0n) is 20.1. The Morgan fingerprint density at radius 3 is 1.66 bits per heavy atom. The first kappa shape index (κ1) is 25.6. The number of ether oxygens (including phenoxy) is 2. The molecule has 2 rings (SSSR count). The molecule has 0 saturated heterocycles. The second-order valence-electron chi connectivity index (χ2n) is 8.53. The Labute approximate surface area is 193 Å². The van der Waals surface area contributed by atoms with Crippen LogP contribution in [0.3, 0.4) is 0 Å². The van der Waals surface area contributed by atoms with Gasteiger partial charge in [0.15, 0.2) is 0 Å². The van der Waals surface area contributed by atoms with Crippen molar-refractivity contribution >= 4 is 11.9 Å². The highest BCUT2D eigenvalue weighted by Crippen LogP contribution is 2.17. The van der Waals surface area contributed by atoms with Gasteiger partial charge in [-0.1, -0.05) is 64.8 Å². The lowest BCUT2D eigenvalue weighted by molar-refractivity contribution is -0.00153. The van der Waals surface area contributed by atoms with Gasteiger partial charge in [-0.25, -0.2) is 9.59 Å². The van der Waals surface area contributed by atoms with Gasteiger partial charge in [0.1, 0.15) is 6.10 Å². The van der Waals surface area contributed by atoms with Crippen molar-refractivity contribution in [1.29, 1.82) is 0 Å². The number of rotatable bonds is 13. The number of esters is 2. The molecular formula is C28H38O4. The van der Waals surface area contributed by atoms with Crippen molar-refractivity contribution in [2.75, 3.05) is 6.61 Å². The lowest BCUT2D eigenvalue weighted by Gasteiger charge is -2.23. The fourth-order valence-corrected chi connectivity index (χ4v) is 3.58. The molecule has 174 valence electrons. The van der Waals surface area contributed by atoms with Crippen LogP contribution in [0.4, 0.5) is 0 Å². The van der Waals surface area contributed by atoms with Crippen LogP contribution in [0.2, 0.25) is 0 Å². The second-order valence-corrected chi connectivity index (χ2v) is 8.53. The molecular weight excluding hydrogens is 400 g/mol. The maximum Gasteiger partial charge on any atom is 0.338 e. The maximum absolute atomic E-state index is 12.6. The molecule has 0 aliphatic heterocycles. The summed E-state index contributed by atoms with van der Waals surface area (Å²) >= 11 is 0. The largest absolute Gasteiger partial charge is 0.462 e.